The van der Waals surface area contributed by atoms with Crippen LogP contribution in [0.3, 0.4) is 0 Å². The van der Waals surface area contributed by atoms with Gasteiger partial charge in [0.05, 0.1) is 25.8 Å². The number of piperidine rings is 1. The number of carbonyl (C=O) groups excluding carboxylic acids is 1. The van der Waals surface area contributed by atoms with E-state index < -0.39 is 0 Å². The number of carbonyl (C=O) groups is 1. The molecule has 2 fully saturated rings. The minimum Gasteiger partial charge on any atom is -0.379 e. The molecular weight excluding hydrogens is 314 g/mol. The Labute approximate surface area is 151 Å². The van der Waals surface area contributed by atoms with E-state index >= 15 is 0 Å². The van der Waals surface area contributed by atoms with Crippen molar-refractivity contribution in [2.24, 2.45) is 0 Å². The zero-order valence-corrected chi connectivity index (χ0v) is 15.3. The van der Waals surface area contributed by atoms with Crippen LogP contribution < -0.4 is 5.32 Å². The van der Waals surface area contributed by atoms with E-state index in [-0.39, 0.29) is 18.0 Å². The molecule has 5 heteroatoms. The molecule has 5 nitrogen and oxygen atoms in total. The summed E-state index contributed by atoms with van der Waals surface area (Å²) >= 11 is 0. The fourth-order valence-electron chi connectivity index (χ4n) is 4.02. The van der Waals surface area contributed by atoms with Crippen molar-refractivity contribution in [1.29, 1.82) is 0 Å². The molecule has 1 amide bonds. The lowest BCUT2D eigenvalue weighted by atomic mass is 9.98. The molecule has 0 unspecified atom stereocenters. The molecule has 2 aliphatic heterocycles. The Morgan fingerprint density at radius 3 is 2.44 bits per heavy atom. The topological polar surface area (TPSA) is 44.8 Å². The lowest BCUT2D eigenvalue weighted by Crippen LogP contribution is -2.50. The van der Waals surface area contributed by atoms with Crippen LogP contribution in [0.4, 0.5) is 0 Å². The third kappa shape index (κ3) is 5.27. The minimum atomic E-state index is 0.0674. The number of ether oxygens (including phenoxy) is 1. The summed E-state index contributed by atoms with van der Waals surface area (Å²) < 4.78 is 5.51. The van der Waals surface area contributed by atoms with E-state index in [1.54, 1.807) is 0 Å². The van der Waals surface area contributed by atoms with Crippen molar-refractivity contribution in [1.82, 2.24) is 15.1 Å². The first-order chi connectivity index (χ1) is 12.2. The lowest BCUT2D eigenvalue weighted by Gasteiger charge is -2.38. The van der Waals surface area contributed by atoms with Crippen LogP contribution in [0.2, 0.25) is 0 Å². The molecule has 1 aromatic carbocycles. The molecule has 25 heavy (non-hydrogen) atoms. The third-order valence-corrected chi connectivity index (χ3v) is 5.26. The Bertz CT molecular complexity index is 525. The van der Waals surface area contributed by atoms with E-state index in [9.17, 15) is 4.79 Å². The maximum atomic E-state index is 12.5. The van der Waals surface area contributed by atoms with Gasteiger partial charge in [0.2, 0.25) is 5.91 Å². The maximum Gasteiger partial charge on any atom is 0.234 e. The van der Waals surface area contributed by atoms with Gasteiger partial charge in [-0.15, -0.1) is 0 Å². The second-order valence-electron chi connectivity index (χ2n) is 7.20. The molecule has 0 saturated carbocycles. The molecule has 1 N–H and O–H groups in total. The molecule has 0 bridgehead atoms. The van der Waals surface area contributed by atoms with Crippen molar-refractivity contribution in [2.75, 3.05) is 45.9 Å². The highest BCUT2D eigenvalue weighted by Gasteiger charge is 2.29. The molecule has 0 aromatic heterocycles. The number of likely N-dealkylation sites (tertiary alicyclic amines) is 1. The van der Waals surface area contributed by atoms with Gasteiger partial charge in [0.25, 0.3) is 0 Å². The van der Waals surface area contributed by atoms with Crippen LogP contribution in [0.1, 0.15) is 37.8 Å². The monoisotopic (exact) mass is 345 g/mol. The van der Waals surface area contributed by atoms with Gasteiger partial charge in [-0.05, 0) is 38.4 Å². The van der Waals surface area contributed by atoms with Crippen molar-refractivity contribution in [3.63, 3.8) is 0 Å². The van der Waals surface area contributed by atoms with Gasteiger partial charge in [-0.3, -0.25) is 14.6 Å². The van der Waals surface area contributed by atoms with E-state index in [0.29, 0.717) is 6.54 Å². The number of hydrogen-bond acceptors (Lipinski definition) is 4. The molecule has 2 aliphatic rings. The average Bonchev–Trinajstić information content (AvgIpc) is 2.64. The minimum absolute atomic E-state index is 0.0674. The van der Waals surface area contributed by atoms with Gasteiger partial charge >= 0.3 is 0 Å². The Morgan fingerprint density at radius 1 is 1.08 bits per heavy atom. The van der Waals surface area contributed by atoms with E-state index in [0.717, 1.165) is 39.4 Å². The Hall–Kier alpha value is -1.43. The van der Waals surface area contributed by atoms with E-state index in [1.165, 1.54) is 24.8 Å². The number of rotatable bonds is 6. The zero-order valence-electron chi connectivity index (χ0n) is 15.3. The summed E-state index contributed by atoms with van der Waals surface area (Å²) in [6, 6.07) is 10.8. The number of amides is 1. The zero-order chi connectivity index (χ0) is 17.5. The van der Waals surface area contributed by atoms with Crippen LogP contribution in [0.5, 0.6) is 0 Å². The normalized spacial score (nSPS) is 22.3. The van der Waals surface area contributed by atoms with Gasteiger partial charge in [-0.1, -0.05) is 36.8 Å². The van der Waals surface area contributed by atoms with E-state index in [4.69, 9.17) is 4.74 Å². The Kier molecular flexibility index (Phi) is 6.84. The lowest BCUT2D eigenvalue weighted by molar-refractivity contribution is -0.123. The van der Waals surface area contributed by atoms with Gasteiger partial charge in [-0.2, -0.15) is 0 Å². The second-order valence-corrected chi connectivity index (χ2v) is 7.20. The molecule has 0 radical (unpaired) electrons. The molecule has 2 saturated heterocycles. The van der Waals surface area contributed by atoms with Crippen molar-refractivity contribution >= 4 is 5.91 Å². The van der Waals surface area contributed by atoms with Crippen LogP contribution in [0, 0.1) is 0 Å². The summed E-state index contributed by atoms with van der Waals surface area (Å²) in [5.41, 5.74) is 1.26. The van der Waals surface area contributed by atoms with Crippen molar-refractivity contribution < 1.29 is 9.53 Å². The van der Waals surface area contributed by atoms with Crippen LogP contribution in [0.15, 0.2) is 30.3 Å². The first-order valence-electron chi connectivity index (χ1n) is 9.62. The first kappa shape index (κ1) is 18.4. The van der Waals surface area contributed by atoms with Crippen LogP contribution in [-0.2, 0) is 9.53 Å². The van der Waals surface area contributed by atoms with Gasteiger partial charge < -0.3 is 10.1 Å². The van der Waals surface area contributed by atoms with Gasteiger partial charge in [0, 0.05) is 19.1 Å². The average molecular weight is 345 g/mol. The van der Waals surface area contributed by atoms with Gasteiger partial charge in [-0.25, -0.2) is 0 Å². The molecule has 3 rings (SSSR count). The molecule has 138 valence electrons. The van der Waals surface area contributed by atoms with Crippen LogP contribution in [-0.4, -0.2) is 67.7 Å². The third-order valence-electron chi connectivity index (χ3n) is 5.26. The van der Waals surface area contributed by atoms with E-state index in [2.05, 4.69) is 46.3 Å². The Morgan fingerprint density at radius 2 is 1.76 bits per heavy atom. The number of benzene rings is 1. The first-order valence-corrected chi connectivity index (χ1v) is 9.62. The van der Waals surface area contributed by atoms with E-state index in [1.807, 2.05) is 6.07 Å². The molecule has 2 atom stereocenters. The highest BCUT2D eigenvalue weighted by atomic mass is 16.5. The SMILES string of the molecule is C[C@@H](NC(=O)CN1CCCCC1)[C@@H](c1ccccc1)N1CCOCC1. The molecule has 0 spiro atoms. The van der Waals surface area contributed by atoms with Crippen molar-refractivity contribution in [3.8, 4) is 0 Å². The predicted molar refractivity (Wildman–Crippen MR) is 99.5 cm³/mol. The molecular formula is C20H31N3O2. The fraction of sp³-hybridized carbons (Fsp3) is 0.650. The number of hydrogen-bond donors (Lipinski definition) is 1. The highest BCUT2D eigenvalue weighted by Crippen LogP contribution is 2.25. The molecule has 1 aromatic rings. The van der Waals surface area contributed by atoms with Crippen LogP contribution >= 0.6 is 0 Å². The summed E-state index contributed by atoms with van der Waals surface area (Å²) in [5, 5.41) is 3.26. The number of morpholine rings is 1. The summed E-state index contributed by atoms with van der Waals surface area (Å²) in [7, 11) is 0. The predicted octanol–water partition coefficient (Wildman–Crippen LogP) is 2.05. The number of nitrogens with zero attached hydrogens (tertiary/aromatic N) is 2. The quantitative estimate of drug-likeness (QED) is 0.857. The second kappa shape index (κ2) is 9.32. The smallest absolute Gasteiger partial charge is 0.234 e. The van der Waals surface area contributed by atoms with Gasteiger partial charge in [0.15, 0.2) is 0 Å². The maximum absolute atomic E-state index is 12.5. The molecule has 0 aliphatic carbocycles. The summed E-state index contributed by atoms with van der Waals surface area (Å²) in [5.74, 6) is 0.142. The van der Waals surface area contributed by atoms with Gasteiger partial charge in [0.1, 0.15) is 0 Å². The summed E-state index contributed by atoms with van der Waals surface area (Å²) in [6.45, 7) is 8.09. The highest BCUT2D eigenvalue weighted by molar-refractivity contribution is 5.78. The summed E-state index contributed by atoms with van der Waals surface area (Å²) in [4.78, 5) is 17.3. The van der Waals surface area contributed by atoms with Crippen molar-refractivity contribution in [3.05, 3.63) is 35.9 Å². The largest absolute Gasteiger partial charge is 0.379 e. The fourth-order valence-corrected chi connectivity index (χ4v) is 4.02. The van der Waals surface area contributed by atoms with Crippen molar-refractivity contribution in [2.45, 2.75) is 38.3 Å². The standard InChI is InChI=1S/C20H31N3O2/c1-17(21-19(24)16-22-10-6-3-7-11-22)20(18-8-4-2-5-9-18)23-12-14-25-15-13-23/h2,4-5,8-9,17,20H,3,6-7,10-16H2,1H3,(H,21,24)/t17-,20+/m1/s1. The molecule has 2 heterocycles. The summed E-state index contributed by atoms with van der Waals surface area (Å²) in [6.07, 6.45) is 3.72. The number of nitrogens with one attached hydrogen (secondary N) is 1. The Balaban J connectivity index is 1.63. The van der Waals surface area contributed by atoms with Crippen LogP contribution in [0.25, 0.3) is 0 Å².